The molecule has 6 N–H and O–H groups in total. The van der Waals surface area contributed by atoms with E-state index in [1.807, 2.05) is 0 Å². The van der Waals surface area contributed by atoms with Gasteiger partial charge in [-0.1, -0.05) is 0 Å². The third-order valence-corrected chi connectivity index (χ3v) is 57.1. The molecule has 0 radical (unpaired) electrons. The van der Waals surface area contributed by atoms with Gasteiger partial charge in [0.15, 0.2) is 0 Å². The molecule has 7 nitrogen and oxygen atoms in total. The van der Waals surface area contributed by atoms with Crippen LogP contribution in [0.25, 0.3) is 0 Å². The highest BCUT2D eigenvalue weighted by Crippen LogP contribution is 2.55. The van der Waals surface area contributed by atoms with Gasteiger partial charge in [0, 0.05) is 0 Å². The van der Waals surface area contributed by atoms with Gasteiger partial charge in [0.2, 0.25) is 0 Å². The second-order valence-electron chi connectivity index (χ2n) is 2.73. The summed E-state index contributed by atoms with van der Waals surface area (Å²) in [5.41, 5.74) is 0. The van der Waals surface area contributed by atoms with Crippen LogP contribution in [0.1, 0.15) is 0 Å². The Morgan fingerprint density at radius 1 is 0.636 bits per heavy atom. The van der Waals surface area contributed by atoms with E-state index in [0.717, 1.165) is 0 Å². The monoisotopic (exact) mass is 230 g/mol. The van der Waals surface area contributed by atoms with E-state index in [1.54, 1.807) is 0 Å². The highest BCUT2D eigenvalue weighted by Gasteiger charge is 3.14. The average Bonchev–Trinajstić information content (AvgIpc) is 1.88. The van der Waals surface area contributed by atoms with Crippen LogP contribution < -0.4 is 0 Å². The van der Waals surface area contributed by atoms with Crippen LogP contribution in [-0.4, -0.2) is 59.2 Å². The Hall–Kier alpha value is 0.588. The Labute approximate surface area is 63.9 Å². The van der Waals surface area contributed by atoms with Crippen molar-refractivity contribution in [3.63, 3.8) is 0 Å². The summed E-state index contributed by atoms with van der Waals surface area (Å²) < 4.78 is 4.35. The van der Waals surface area contributed by atoms with Gasteiger partial charge in [-0.05, 0) is 0 Å². The summed E-state index contributed by atoms with van der Waals surface area (Å²) in [5.74, 6) is 0. The molecule has 11 heavy (non-hydrogen) atoms. The second kappa shape index (κ2) is 1.49. The fourth-order valence-electron chi connectivity index (χ4n) is 1.29. The van der Waals surface area contributed by atoms with Crippen molar-refractivity contribution >= 4 is 30.4 Å². The summed E-state index contributed by atoms with van der Waals surface area (Å²) in [7, 11) is -16.3. The Bertz CT molecular complexity index is 195. The lowest BCUT2D eigenvalue weighted by Crippen LogP contribution is -3.21. The van der Waals surface area contributed by atoms with E-state index in [1.165, 1.54) is 0 Å². The molecule has 0 aliphatic carbocycles. The van der Waals surface area contributed by atoms with Gasteiger partial charge in [0.1, 0.15) is 0 Å². The fourth-order valence-corrected chi connectivity index (χ4v) is 64.2. The fraction of sp³-hybridized carbons (Fsp3) is 0. The largest absolute Gasteiger partial charge is 0.426 e. The molecule has 3 rings (SSSR count). The molecular formula is H6O7Si4. The van der Waals surface area contributed by atoms with Crippen molar-refractivity contribution < 1.29 is 32.9 Å². The van der Waals surface area contributed by atoms with Crippen molar-refractivity contribution in [2.24, 2.45) is 0 Å². The average molecular weight is 230 g/mol. The Kier molecular flexibility index (Phi) is 1.11. The second-order valence-corrected chi connectivity index (χ2v) is 31.3. The molecule has 0 atom stereocenters. The van der Waals surface area contributed by atoms with Gasteiger partial charge >= 0.3 is 30.4 Å². The third-order valence-electron chi connectivity index (χ3n) is 2.19. The molecule has 0 amide bonds. The zero-order valence-corrected chi connectivity index (χ0v) is 9.09. The zero-order valence-electron chi connectivity index (χ0n) is 5.09. The lowest BCUT2D eigenvalue weighted by molar-refractivity contribution is 0.199. The molecule has 0 aromatic carbocycles. The van der Waals surface area contributed by atoms with Crippen LogP contribution in [0.5, 0.6) is 0 Å². The van der Waals surface area contributed by atoms with Crippen LogP contribution in [0.4, 0.5) is 0 Å². The molecule has 3 saturated heterocycles. The minimum atomic E-state index is -4.11. The van der Waals surface area contributed by atoms with E-state index in [9.17, 15) is 0 Å². The van der Waals surface area contributed by atoms with E-state index in [-0.39, 0.29) is 0 Å². The quantitative estimate of drug-likeness (QED) is 0.230. The predicted octanol–water partition coefficient (Wildman–Crippen LogP) is -4.93. The van der Waals surface area contributed by atoms with E-state index in [2.05, 4.69) is 4.12 Å². The standard InChI is InChI=1S/H6O7Si4/c1-8(2)10(5)7-11(8,6)9(10,3)4/h1-6H. The van der Waals surface area contributed by atoms with Crippen LogP contribution >= 0.6 is 0 Å². The van der Waals surface area contributed by atoms with Crippen molar-refractivity contribution in [2.75, 3.05) is 0 Å². The van der Waals surface area contributed by atoms with Gasteiger partial charge in [-0.2, -0.15) is 0 Å². The summed E-state index contributed by atoms with van der Waals surface area (Å²) >= 11 is 0. The Morgan fingerprint density at radius 3 is 1.00 bits per heavy atom. The molecule has 3 aliphatic heterocycles. The van der Waals surface area contributed by atoms with Gasteiger partial charge in [-0.25, -0.2) is 0 Å². The lowest BCUT2D eigenvalue weighted by atomic mass is 15.7. The van der Waals surface area contributed by atoms with Crippen LogP contribution in [0.15, 0.2) is 0 Å². The summed E-state index contributed by atoms with van der Waals surface area (Å²) in [5, 5.41) is 0. The summed E-state index contributed by atoms with van der Waals surface area (Å²) in [4.78, 5) is 54.2. The van der Waals surface area contributed by atoms with Crippen molar-refractivity contribution in [3.05, 3.63) is 0 Å². The lowest BCUT2D eigenvalue weighted by Gasteiger charge is -2.69. The van der Waals surface area contributed by atoms with E-state index < -0.39 is 30.4 Å². The summed E-state index contributed by atoms with van der Waals surface area (Å²) in [6, 6.07) is 0. The minimum absolute atomic E-state index is 4.02. The van der Waals surface area contributed by atoms with E-state index >= 15 is 0 Å². The van der Waals surface area contributed by atoms with Crippen molar-refractivity contribution in [1.29, 1.82) is 0 Å². The van der Waals surface area contributed by atoms with Gasteiger partial charge in [-0.15, -0.1) is 0 Å². The van der Waals surface area contributed by atoms with Crippen LogP contribution in [0.2, 0.25) is 0 Å². The Morgan fingerprint density at radius 2 is 0.909 bits per heavy atom. The Balaban J connectivity index is 2.43. The SMILES string of the molecule is O[Si]1(O)[Si]2(O)O[Si]1(O)[Si]2(O)O. The van der Waals surface area contributed by atoms with Gasteiger partial charge in [0.05, 0.1) is 0 Å². The van der Waals surface area contributed by atoms with E-state index in [4.69, 9.17) is 28.8 Å². The third kappa shape index (κ3) is 0.430. The maximum Gasteiger partial charge on any atom is 0.426 e. The molecule has 0 aromatic rings. The molecule has 3 heterocycles. The highest BCUT2D eigenvalue weighted by atomic mass is 30.3. The molecule has 0 spiro atoms. The van der Waals surface area contributed by atoms with Crippen molar-refractivity contribution in [2.45, 2.75) is 0 Å². The first-order valence-electron chi connectivity index (χ1n) is 2.75. The molecule has 64 valence electrons. The number of hydrogen-bond acceptors (Lipinski definition) is 7. The van der Waals surface area contributed by atoms with Crippen LogP contribution in [0, 0.1) is 0 Å². The first-order chi connectivity index (χ1) is 4.71. The van der Waals surface area contributed by atoms with Gasteiger partial charge in [-0.3, -0.25) is 0 Å². The number of rotatable bonds is 0. The molecule has 0 aromatic heterocycles. The van der Waals surface area contributed by atoms with E-state index in [0.29, 0.717) is 0 Å². The maximum atomic E-state index is 9.11. The summed E-state index contributed by atoms with van der Waals surface area (Å²) in [6.45, 7) is 0. The van der Waals surface area contributed by atoms with Gasteiger partial charge < -0.3 is 32.9 Å². The summed E-state index contributed by atoms with van der Waals surface area (Å²) in [6.07, 6.45) is 0. The van der Waals surface area contributed by atoms with Crippen LogP contribution in [0.3, 0.4) is 0 Å². The topological polar surface area (TPSA) is 131 Å². The normalized spacial score (nSPS) is 56.2. The molecule has 2 bridgehead atoms. The highest BCUT2D eigenvalue weighted by molar-refractivity contribution is 8.11. The molecule has 0 unspecified atom stereocenters. The van der Waals surface area contributed by atoms with Crippen molar-refractivity contribution in [3.8, 4) is 0 Å². The zero-order chi connectivity index (χ0) is 8.71. The number of hydrogen-bond donors (Lipinski definition) is 6. The molecule has 3 fully saturated rings. The molecule has 0 saturated carbocycles. The van der Waals surface area contributed by atoms with Crippen molar-refractivity contribution in [1.82, 2.24) is 0 Å². The maximum absolute atomic E-state index is 9.11. The van der Waals surface area contributed by atoms with Gasteiger partial charge in [0.25, 0.3) is 0 Å². The predicted molar refractivity (Wildman–Crippen MR) is 37.4 cm³/mol. The molecular weight excluding hydrogens is 224 g/mol. The smallest absolute Gasteiger partial charge is 0.411 e. The van der Waals surface area contributed by atoms with Crippen LogP contribution in [-0.2, 0) is 4.12 Å². The minimum Gasteiger partial charge on any atom is -0.411 e. The molecule has 3 aliphatic rings. The first kappa shape index (κ1) is 8.20. The first-order valence-corrected chi connectivity index (χ1v) is 14.2. The molecule has 11 heteroatoms.